The van der Waals surface area contributed by atoms with Gasteiger partial charge in [0.05, 0.1) is 19.1 Å². The van der Waals surface area contributed by atoms with E-state index >= 15 is 0 Å². The van der Waals surface area contributed by atoms with E-state index in [0.29, 0.717) is 22.9 Å². The molecule has 0 saturated carbocycles. The van der Waals surface area contributed by atoms with Crippen LogP contribution in [0.3, 0.4) is 0 Å². The van der Waals surface area contributed by atoms with Crippen molar-refractivity contribution in [3.63, 3.8) is 0 Å². The number of rotatable bonds is 6. The predicted octanol–water partition coefficient (Wildman–Crippen LogP) is 3.87. The van der Waals surface area contributed by atoms with Crippen LogP contribution in [0.4, 0.5) is 17.1 Å². The highest BCUT2D eigenvalue weighted by atomic mass is 16.6. The SMILES string of the molecule is COc1cc(C)c(Nc2ccc(C(C)=O)cc2[N+](=O)[O-])cc1OC. The lowest BCUT2D eigenvalue weighted by molar-refractivity contribution is -0.383. The third kappa shape index (κ3) is 3.45. The van der Waals surface area contributed by atoms with Crippen LogP contribution >= 0.6 is 0 Å². The Kier molecular flexibility index (Phi) is 5.03. The van der Waals surface area contributed by atoms with E-state index in [1.165, 1.54) is 33.3 Å². The molecular weight excluding hydrogens is 312 g/mol. The molecule has 7 nitrogen and oxygen atoms in total. The zero-order valence-electron chi connectivity index (χ0n) is 13.9. The molecule has 0 aliphatic carbocycles. The number of nitro groups is 1. The van der Waals surface area contributed by atoms with Gasteiger partial charge in [-0.05, 0) is 37.6 Å². The second-order valence-corrected chi connectivity index (χ2v) is 5.19. The van der Waals surface area contributed by atoms with Crippen LogP contribution in [0.5, 0.6) is 11.5 Å². The van der Waals surface area contributed by atoms with Gasteiger partial charge in [0.15, 0.2) is 17.3 Å². The van der Waals surface area contributed by atoms with Crippen LogP contribution in [0.2, 0.25) is 0 Å². The molecule has 0 spiro atoms. The van der Waals surface area contributed by atoms with Crippen molar-refractivity contribution in [2.24, 2.45) is 0 Å². The first kappa shape index (κ1) is 17.3. The summed E-state index contributed by atoms with van der Waals surface area (Å²) in [4.78, 5) is 22.2. The molecule has 2 rings (SSSR count). The number of benzene rings is 2. The summed E-state index contributed by atoms with van der Waals surface area (Å²) in [5.41, 5.74) is 1.89. The Morgan fingerprint density at radius 3 is 2.25 bits per heavy atom. The van der Waals surface area contributed by atoms with Crippen molar-refractivity contribution in [1.82, 2.24) is 0 Å². The molecule has 2 aromatic carbocycles. The summed E-state index contributed by atoms with van der Waals surface area (Å²) in [6.07, 6.45) is 0. The standard InChI is InChI=1S/C17H18N2O5/c1-10-7-16(23-3)17(24-4)9-14(10)18-13-6-5-12(11(2)20)8-15(13)19(21)22/h5-9,18H,1-4H3. The summed E-state index contributed by atoms with van der Waals surface area (Å²) in [6.45, 7) is 3.21. The summed E-state index contributed by atoms with van der Waals surface area (Å²) in [5, 5.41) is 14.3. The van der Waals surface area contributed by atoms with Gasteiger partial charge >= 0.3 is 0 Å². The Balaban J connectivity index is 2.48. The molecule has 0 atom stereocenters. The first-order valence-electron chi connectivity index (χ1n) is 7.16. The van der Waals surface area contributed by atoms with Crippen molar-refractivity contribution in [3.05, 3.63) is 51.6 Å². The average Bonchev–Trinajstić information content (AvgIpc) is 2.56. The lowest BCUT2D eigenvalue weighted by atomic mass is 10.1. The summed E-state index contributed by atoms with van der Waals surface area (Å²) in [5.74, 6) is 0.850. The zero-order valence-corrected chi connectivity index (χ0v) is 13.9. The number of nitro benzene ring substituents is 1. The molecule has 7 heteroatoms. The highest BCUT2D eigenvalue weighted by Gasteiger charge is 2.18. The van der Waals surface area contributed by atoms with Gasteiger partial charge in [-0.15, -0.1) is 0 Å². The summed E-state index contributed by atoms with van der Waals surface area (Å²) < 4.78 is 10.5. The maximum Gasteiger partial charge on any atom is 0.293 e. The fraction of sp³-hybridized carbons (Fsp3) is 0.235. The van der Waals surface area contributed by atoms with E-state index in [2.05, 4.69) is 5.32 Å². The van der Waals surface area contributed by atoms with E-state index in [1.54, 1.807) is 18.2 Å². The van der Waals surface area contributed by atoms with E-state index in [0.717, 1.165) is 5.56 Å². The molecular formula is C17H18N2O5. The Morgan fingerprint density at radius 1 is 1.08 bits per heavy atom. The number of nitrogens with one attached hydrogen (secondary N) is 1. The van der Waals surface area contributed by atoms with Crippen molar-refractivity contribution >= 4 is 22.8 Å². The molecule has 0 unspecified atom stereocenters. The molecule has 0 amide bonds. The number of anilines is 2. The smallest absolute Gasteiger partial charge is 0.293 e. The van der Waals surface area contributed by atoms with E-state index < -0.39 is 4.92 Å². The topological polar surface area (TPSA) is 90.7 Å². The van der Waals surface area contributed by atoms with Gasteiger partial charge in [0.1, 0.15) is 5.69 Å². The second-order valence-electron chi connectivity index (χ2n) is 5.19. The van der Waals surface area contributed by atoms with Crippen LogP contribution in [0.1, 0.15) is 22.8 Å². The van der Waals surface area contributed by atoms with Crippen LogP contribution in [0, 0.1) is 17.0 Å². The fourth-order valence-corrected chi connectivity index (χ4v) is 2.27. The fourth-order valence-electron chi connectivity index (χ4n) is 2.27. The molecule has 2 aromatic rings. The second kappa shape index (κ2) is 6.99. The maximum absolute atomic E-state index is 11.4. The average molecular weight is 330 g/mol. The number of hydrogen-bond donors (Lipinski definition) is 1. The van der Waals surface area contributed by atoms with Gasteiger partial charge < -0.3 is 14.8 Å². The Bertz CT molecular complexity index is 802. The molecule has 24 heavy (non-hydrogen) atoms. The van der Waals surface area contributed by atoms with Gasteiger partial charge in [0.2, 0.25) is 0 Å². The molecule has 0 bridgehead atoms. The number of carbonyl (C=O) groups excluding carboxylic acids is 1. The Hall–Kier alpha value is -3.09. The third-order valence-corrected chi connectivity index (χ3v) is 3.60. The Morgan fingerprint density at radius 2 is 1.71 bits per heavy atom. The lowest BCUT2D eigenvalue weighted by Gasteiger charge is -2.14. The molecule has 0 radical (unpaired) electrons. The minimum atomic E-state index is -0.523. The minimum Gasteiger partial charge on any atom is -0.493 e. The van der Waals surface area contributed by atoms with Gasteiger partial charge in [0.25, 0.3) is 5.69 Å². The molecule has 0 aliphatic heterocycles. The number of aryl methyl sites for hydroxylation is 1. The van der Waals surface area contributed by atoms with Crippen molar-refractivity contribution in [1.29, 1.82) is 0 Å². The van der Waals surface area contributed by atoms with Gasteiger partial charge in [-0.2, -0.15) is 0 Å². The molecule has 126 valence electrons. The number of nitrogens with zero attached hydrogens (tertiary/aromatic N) is 1. The molecule has 0 saturated heterocycles. The van der Waals surface area contributed by atoms with Crippen molar-refractivity contribution in [2.45, 2.75) is 13.8 Å². The highest BCUT2D eigenvalue weighted by molar-refractivity contribution is 5.95. The number of ether oxygens (including phenoxy) is 2. The van der Waals surface area contributed by atoms with E-state index in [4.69, 9.17) is 9.47 Å². The molecule has 0 aromatic heterocycles. The van der Waals surface area contributed by atoms with Gasteiger partial charge in [0, 0.05) is 23.4 Å². The highest BCUT2D eigenvalue weighted by Crippen LogP contribution is 2.36. The van der Waals surface area contributed by atoms with E-state index in [1.807, 2.05) is 6.92 Å². The van der Waals surface area contributed by atoms with Crippen LogP contribution in [-0.4, -0.2) is 24.9 Å². The zero-order chi connectivity index (χ0) is 17.9. The Labute approximate surface area is 139 Å². The van der Waals surface area contributed by atoms with Crippen LogP contribution in [0.25, 0.3) is 0 Å². The monoisotopic (exact) mass is 330 g/mol. The molecule has 0 heterocycles. The number of carbonyl (C=O) groups is 1. The summed E-state index contributed by atoms with van der Waals surface area (Å²) >= 11 is 0. The summed E-state index contributed by atoms with van der Waals surface area (Å²) in [7, 11) is 3.05. The molecule has 1 N–H and O–H groups in total. The van der Waals surface area contributed by atoms with Crippen molar-refractivity contribution < 1.29 is 19.2 Å². The molecule has 0 fully saturated rings. The third-order valence-electron chi connectivity index (χ3n) is 3.60. The quantitative estimate of drug-likeness (QED) is 0.491. The largest absolute Gasteiger partial charge is 0.493 e. The van der Waals surface area contributed by atoms with Crippen LogP contribution in [-0.2, 0) is 0 Å². The number of Topliss-reactive ketones (excluding diaryl/α,β-unsaturated/α-hetero) is 1. The number of methoxy groups -OCH3 is 2. The normalized spacial score (nSPS) is 10.2. The van der Waals surface area contributed by atoms with Crippen LogP contribution in [0.15, 0.2) is 30.3 Å². The molecule has 0 aliphatic rings. The van der Waals surface area contributed by atoms with Gasteiger partial charge in [-0.3, -0.25) is 14.9 Å². The first-order valence-corrected chi connectivity index (χ1v) is 7.16. The lowest BCUT2D eigenvalue weighted by Crippen LogP contribution is -2.02. The first-order chi connectivity index (χ1) is 11.4. The van der Waals surface area contributed by atoms with Gasteiger partial charge in [-0.25, -0.2) is 0 Å². The van der Waals surface area contributed by atoms with Gasteiger partial charge in [-0.1, -0.05) is 0 Å². The summed E-state index contributed by atoms with van der Waals surface area (Å²) in [6, 6.07) is 7.81. The number of hydrogen-bond acceptors (Lipinski definition) is 6. The number of ketones is 1. The predicted molar refractivity (Wildman–Crippen MR) is 90.7 cm³/mol. The van der Waals surface area contributed by atoms with E-state index in [9.17, 15) is 14.9 Å². The maximum atomic E-state index is 11.4. The van der Waals surface area contributed by atoms with Crippen LogP contribution < -0.4 is 14.8 Å². The van der Waals surface area contributed by atoms with E-state index in [-0.39, 0.29) is 17.0 Å². The minimum absolute atomic E-state index is 0.170. The van der Waals surface area contributed by atoms with Crippen molar-refractivity contribution in [2.75, 3.05) is 19.5 Å². The van der Waals surface area contributed by atoms with Crippen molar-refractivity contribution in [3.8, 4) is 11.5 Å².